The maximum atomic E-state index is 12.2. The van der Waals surface area contributed by atoms with E-state index in [9.17, 15) is 14.7 Å². The molecule has 3 rings (SSSR count). The molecule has 2 atom stereocenters. The molecule has 1 aromatic heterocycles. The summed E-state index contributed by atoms with van der Waals surface area (Å²) in [4.78, 5) is 28.1. The Hall–Kier alpha value is -1.92. The summed E-state index contributed by atoms with van der Waals surface area (Å²) in [5.74, 6) is 0.487. The van der Waals surface area contributed by atoms with Gasteiger partial charge < -0.3 is 14.9 Å². The second-order valence-electron chi connectivity index (χ2n) is 7.28. The number of nitrogens with zero attached hydrogens (tertiary/aromatic N) is 2. The van der Waals surface area contributed by atoms with Crippen molar-refractivity contribution in [1.29, 1.82) is 0 Å². The quantitative estimate of drug-likeness (QED) is 0.784. The van der Waals surface area contributed by atoms with Gasteiger partial charge in [-0.2, -0.15) is 4.98 Å². The molecule has 2 N–H and O–H groups in total. The second kappa shape index (κ2) is 8.45. The van der Waals surface area contributed by atoms with Gasteiger partial charge in [0.15, 0.2) is 5.82 Å². The Balaban J connectivity index is 1.43. The molecule has 2 saturated carbocycles. The van der Waals surface area contributed by atoms with E-state index in [1.54, 1.807) is 0 Å². The number of amides is 1. The molecule has 0 spiro atoms. The lowest BCUT2D eigenvalue weighted by Crippen LogP contribution is -2.43. The first-order valence-corrected chi connectivity index (χ1v) is 9.48. The van der Waals surface area contributed by atoms with Crippen LogP contribution < -0.4 is 5.32 Å². The van der Waals surface area contributed by atoms with E-state index in [-0.39, 0.29) is 11.9 Å². The predicted octanol–water partition coefficient (Wildman–Crippen LogP) is 2.81. The van der Waals surface area contributed by atoms with E-state index in [1.807, 2.05) is 0 Å². The zero-order chi connectivity index (χ0) is 17.6. The van der Waals surface area contributed by atoms with E-state index in [4.69, 9.17) is 4.52 Å². The Morgan fingerprint density at radius 3 is 2.60 bits per heavy atom. The first-order valence-electron chi connectivity index (χ1n) is 9.48. The summed E-state index contributed by atoms with van der Waals surface area (Å²) in [6.07, 6.45) is 9.30. The van der Waals surface area contributed by atoms with Crippen LogP contribution in [0.5, 0.6) is 0 Å². The zero-order valence-electron chi connectivity index (χ0n) is 14.6. The fraction of sp³-hybridized carbons (Fsp3) is 0.778. The van der Waals surface area contributed by atoms with Gasteiger partial charge in [-0.25, -0.2) is 0 Å². The molecule has 0 radical (unpaired) electrons. The third-order valence-electron chi connectivity index (χ3n) is 5.15. The van der Waals surface area contributed by atoms with Crippen LogP contribution in [0.4, 0.5) is 0 Å². The van der Waals surface area contributed by atoms with Gasteiger partial charge in [0, 0.05) is 24.8 Å². The molecule has 1 aromatic rings. The van der Waals surface area contributed by atoms with Crippen LogP contribution in [-0.4, -0.2) is 33.2 Å². The number of rotatable bonds is 7. The summed E-state index contributed by atoms with van der Waals surface area (Å²) in [6, 6.07) is -0.254. The average molecular weight is 349 g/mol. The monoisotopic (exact) mass is 349 g/mol. The largest absolute Gasteiger partial charge is 0.481 e. The molecule has 2 unspecified atom stereocenters. The highest BCUT2D eigenvalue weighted by molar-refractivity contribution is 5.78. The molecule has 2 fully saturated rings. The van der Waals surface area contributed by atoms with Gasteiger partial charge in [0.2, 0.25) is 11.8 Å². The standard InChI is InChI=1S/C18H27N3O4/c22-15(8-5-9-16-20-17(21-25-16)12-10-11-12)19-14-7-4-2-1-3-6-13(14)18(23)24/h12-14H,1-11H2,(H,19,22)(H,23,24). The molecule has 25 heavy (non-hydrogen) atoms. The molecule has 1 amide bonds. The number of carboxylic acid groups (broad SMARTS) is 1. The summed E-state index contributed by atoms with van der Waals surface area (Å²) in [5, 5.41) is 16.4. The van der Waals surface area contributed by atoms with Gasteiger partial charge in [0.05, 0.1) is 5.92 Å². The van der Waals surface area contributed by atoms with Gasteiger partial charge in [0.25, 0.3) is 0 Å². The van der Waals surface area contributed by atoms with E-state index in [0.29, 0.717) is 37.5 Å². The van der Waals surface area contributed by atoms with Crippen LogP contribution in [0.15, 0.2) is 4.52 Å². The first kappa shape index (κ1) is 17.9. The SMILES string of the molecule is O=C(CCCc1nc(C2CC2)no1)NC1CCCCCCC1C(=O)O. The highest BCUT2D eigenvalue weighted by Crippen LogP contribution is 2.38. The maximum absolute atomic E-state index is 12.2. The first-order chi connectivity index (χ1) is 12.1. The topological polar surface area (TPSA) is 105 Å². The minimum Gasteiger partial charge on any atom is -0.481 e. The lowest BCUT2D eigenvalue weighted by Gasteiger charge is -2.27. The second-order valence-corrected chi connectivity index (χ2v) is 7.28. The Morgan fingerprint density at radius 1 is 1.12 bits per heavy atom. The van der Waals surface area contributed by atoms with E-state index in [2.05, 4.69) is 15.5 Å². The van der Waals surface area contributed by atoms with E-state index >= 15 is 0 Å². The Labute approximate surface area is 147 Å². The molecule has 0 aliphatic heterocycles. The van der Waals surface area contributed by atoms with Gasteiger partial charge in [-0.3, -0.25) is 9.59 Å². The van der Waals surface area contributed by atoms with Crippen molar-refractivity contribution >= 4 is 11.9 Å². The molecule has 7 nitrogen and oxygen atoms in total. The highest BCUT2D eigenvalue weighted by atomic mass is 16.5. The number of aryl methyl sites for hydroxylation is 1. The van der Waals surface area contributed by atoms with Crippen LogP contribution in [0, 0.1) is 5.92 Å². The summed E-state index contributed by atoms with van der Waals surface area (Å²) in [7, 11) is 0. The number of carbonyl (C=O) groups is 2. The lowest BCUT2D eigenvalue weighted by atomic mass is 9.86. The molecule has 0 bridgehead atoms. The minimum atomic E-state index is -0.800. The number of carbonyl (C=O) groups excluding carboxylic acids is 1. The molecular weight excluding hydrogens is 322 g/mol. The highest BCUT2D eigenvalue weighted by Gasteiger charge is 2.30. The molecule has 1 heterocycles. The molecule has 7 heteroatoms. The van der Waals surface area contributed by atoms with Crippen LogP contribution in [0.3, 0.4) is 0 Å². The third-order valence-corrected chi connectivity index (χ3v) is 5.15. The van der Waals surface area contributed by atoms with Crippen molar-refractivity contribution in [3.63, 3.8) is 0 Å². The third kappa shape index (κ3) is 5.28. The number of aliphatic carboxylic acids is 1. The smallest absolute Gasteiger partial charge is 0.308 e. The van der Waals surface area contributed by atoms with Crippen molar-refractivity contribution in [2.75, 3.05) is 0 Å². The predicted molar refractivity (Wildman–Crippen MR) is 90.0 cm³/mol. The molecule has 2 aliphatic carbocycles. The summed E-state index contributed by atoms with van der Waals surface area (Å²) >= 11 is 0. The van der Waals surface area contributed by atoms with Gasteiger partial charge in [-0.1, -0.05) is 30.8 Å². The fourth-order valence-electron chi connectivity index (χ4n) is 3.51. The van der Waals surface area contributed by atoms with Crippen molar-refractivity contribution < 1.29 is 19.2 Å². The summed E-state index contributed by atoms with van der Waals surface area (Å²) < 4.78 is 5.21. The minimum absolute atomic E-state index is 0.0845. The van der Waals surface area contributed by atoms with Crippen molar-refractivity contribution in [3.05, 3.63) is 11.7 Å². The number of hydrogen-bond donors (Lipinski definition) is 2. The Kier molecular flexibility index (Phi) is 6.04. The molecule has 138 valence electrons. The van der Waals surface area contributed by atoms with Crippen molar-refractivity contribution in [1.82, 2.24) is 15.5 Å². The van der Waals surface area contributed by atoms with Gasteiger partial charge in [-0.15, -0.1) is 0 Å². The number of aromatic nitrogens is 2. The number of carboxylic acids is 1. The van der Waals surface area contributed by atoms with E-state index in [0.717, 1.165) is 50.8 Å². The average Bonchev–Trinajstić information content (AvgIpc) is 3.29. The van der Waals surface area contributed by atoms with Crippen LogP contribution in [0.2, 0.25) is 0 Å². The van der Waals surface area contributed by atoms with Crippen LogP contribution in [-0.2, 0) is 16.0 Å². The van der Waals surface area contributed by atoms with Crippen LogP contribution >= 0.6 is 0 Å². The normalized spacial score (nSPS) is 24.3. The van der Waals surface area contributed by atoms with E-state index < -0.39 is 11.9 Å². The summed E-state index contributed by atoms with van der Waals surface area (Å²) in [5.41, 5.74) is 0. The van der Waals surface area contributed by atoms with Gasteiger partial charge >= 0.3 is 5.97 Å². The zero-order valence-corrected chi connectivity index (χ0v) is 14.6. The molecule has 0 aromatic carbocycles. The molecule has 2 aliphatic rings. The summed E-state index contributed by atoms with van der Waals surface area (Å²) in [6.45, 7) is 0. The van der Waals surface area contributed by atoms with Crippen LogP contribution in [0.25, 0.3) is 0 Å². The van der Waals surface area contributed by atoms with Crippen molar-refractivity contribution in [2.45, 2.75) is 82.6 Å². The Morgan fingerprint density at radius 2 is 1.88 bits per heavy atom. The molecular formula is C18H27N3O4. The maximum Gasteiger partial charge on any atom is 0.308 e. The van der Waals surface area contributed by atoms with Gasteiger partial charge in [0.1, 0.15) is 0 Å². The van der Waals surface area contributed by atoms with Crippen LogP contribution in [0.1, 0.15) is 81.8 Å². The Bertz CT molecular complexity index is 597. The van der Waals surface area contributed by atoms with Gasteiger partial charge in [-0.05, 0) is 32.1 Å². The number of nitrogens with one attached hydrogen (secondary N) is 1. The fourth-order valence-corrected chi connectivity index (χ4v) is 3.51. The lowest BCUT2D eigenvalue weighted by molar-refractivity contribution is -0.143. The molecule has 0 saturated heterocycles. The van der Waals surface area contributed by atoms with Crippen molar-refractivity contribution in [3.8, 4) is 0 Å². The van der Waals surface area contributed by atoms with Crippen molar-refractivity contribution in [2.24, 2.45) is 5.92 Å². The van der Waals surface area contributed by atoms with E-state index in [1.165, 1.54) is 0 Å². The number of hydrogen-bond acceptors (Lipinski definition) is 5.